The Kier molecular flexibility index (Phi) is 2.28. The van der Waals surface area contributed by atoms with Crippen LogP contribution in [0.25, 0.3) is 0 Å². The zero-order chi connectivity index (χ0) is 10.2. The Balaban J connectivity index is 2.12. The van der Waals surface area contributed by atoms with Crippen LogP contribution in [-0.4, -0.2) is 4.75 Å². The third kappa shape index (κ3) is 1.65. The molecule has 14 heavy (non-hydrogen) atoms. The molecule has 1 fully saturated rings. The Morgan fingerprint density at radius 3 is 2.43 bits per heavy atom. The highest BCUT2D eigenvalue weighted by atomic mass is 32.2. The number of aryl methyl sites for hydroxylation is 1. The van der Waals surface area contributed by atoms with Crippen molar-refractivity contribution in [2.75, 3.05) is 0 Å². The monoisotopic (exact) mass is 203 g/mol. The molecule has 72 valence electrons. The van der Waals surface area contributed by atoms with Crippen LogP contribution >= 0.6 is 11.8 Å². The number of hydrogen-bond donors (Lipinski definition) is 0. The lowest BCUT2D eigenvalue weighted by Crippen LogP contribution is -2.00. The second-order valence-electron chi connectivity index (χ2n) is 4.02. The molecule has 0 saturated heterocycles. The van der Waals surface area contributed by atoms with E-state index in [4.69, 9.17) is 5.26 Å². The summed E-state index contributed by atoms with van der Waals surface area (Å²) in [6.45, 7) is 4.22. The lowest BCUT2D eigenvalue weighted by Gasteiger charge is -2.06. The summed E-state index contributed by atoms with van der Waals surface area (Å²) in [5.41, 5.74) is 1.27. The largest absolute Gasteiger partial charge is 0.197 e. The topological polar surface area (TPSA) is 23.8 Å². The summed E-state index contributed by atoms with van der Waals surface area (Å²) in [5, 5.41) is 9.07. The summed E-state index contributed by atoms with van der Waals surface area (Å²) in [4.78, 5) is 1.21. The Labute approximate surface area is 89.1 Å². The van der Waals surface area contributed by atoms with Gasteiger partial charge in [0.25, 0.3) is 0 Å². The molecule has 0 aliphatic heterocycles. The molecule has 1 saturated carbocycles. The molecule has 1 aromatic rings. The van der Waals surface area contributed by atoms with Crippen LogP contribution in [0.3, 0.4) is 0 Å². The predicted molar refractivity (Wildman–Crippen MR) is 59.2 cm³/mol. The standard InChI is InChI=1S/C12H13NS/c1-9-3-5-11(6-4-9)14-12(8-13)7-10(12)2/h3-6,10H,7H2,1-2H3. The molecule has 2 unspecified atom stereocenters. The first-order valence-electron chi connectivity index (χ1n) is 4.83. The van der Waals surface area contributed by atoms with Crippen molar-refractivity contribution in [3.8, 4) is 6.07 Å². The SMILES string of the molecule is Cc1ccc(SC2(C#N)CC2C)cc1. The first-order chi connectivity index (χ1) is 6.66. The Bertz CT molecular complexity index is 376. The molecule has 0 N–H and O–H groups in total. The minimum atomic E-state index is -0.130. The van der Waals surface area contributed by atoms with Crippen LogP contribution in [0, 0.1) is 24.2 Å². The molecule has 0 radical (unpaired) electrons. The van der Waals surface area contributed by atoms with Gasteiger partial charge in [-0.3, -0.25) is 0 Å². The van der Waals surface area contributed by atoms with E-state index in [1.807, 2.05) is 0 Å². The predicted octanol–water partition coefficient (Wildman–Crippen LogP) is 3.39. The van der Waals surface area contributed by atoms with Crippen molar-refractivity contribution in [2.24, 2.45) is 5.92 Å². The number of thioether (sulfide) groups is 1. The van der Waals surface area contributed by atoms with Crippen molar-refractivity contribution >= 4 is 11.8 Å². The summed E-state index contributed by atoms with van der Waals surface area (Å²) in [6.07, 6.45) is 1.03. The van der Waals surface area contributed by atoms with Gasteiger partial charge in [0.1, 0.15) is 4.75 Å². The minimum Gasteiger partial charge on any atom is -0.197 e. The Morgan fingerprint density at radius 2 is 2.00 bits per heavy atom. The minimum absolute atomic E-state index is 0.130. The summed E-state index contributed by atoms with van der Waals surface area (Å²) in [6, 6.07) is 10.8. The van der Waals surface area contributed by atoms with Crippen molar-refractivity contribution in [2.45, 2.75) is 29.9 Å². The van der Waals surface area contributed by atoms with Gasteiger partial charge in [-0.05, 0) is 31.4 Å². The molecule has 0 amide bonds. The van der Waals surface area contributed by atoms with Gasteiger partial charge in [0.15, 0.2) is 0 Å². The second-order valence-corrected chi connectivity index (χ2v) is 5.43. The summed E-state index contributed by atoms with van der Waals surface area (Å²) in [5.74, 6) is 0.541. The summed E-state index contributed by atoms with van der Waals surface area (Å²) >= 11 is 1.71. The molecule has 0 bridgehead atoms. The average molecular weight is 203 g/mol. The van der Waals surface area contributed by atoms with E-state index < -0.39 is 0 Å². The van der Waals surface area contributed by atoms with E-state index in [1.165, 1.54) is 10.5 Å². The smallest absolute Gasteiger partial charge is 0.110 e. The summed E-state index contributed by atoms with van der Waals surface area (Å²) < 4.78 is -0.130. The average Bonchev–Trinajstić information content (AvgIpc) is 2.82. The molecule has 1 aliphatic rings. The Morgan fingerprint density at radius 1 is 1.43 bits per heavy atom. The fraction of sp³-hybridized carbons (Fsp3) is 0.417. The molecule has 1 aliphatic carbocycles. The summed E-state index contributed by atoms with van der Waals surface area (Å²) in [7, 11) is 0. The zero-order valence-electron chi connectivity index (χ0n) is 8.45. The van der Waals surface area contributed by atoms with E-state index in [2.05, 4.69) is 44.2 Å². The molecule has 1 nitrogen and oxygen atoms in total. The van der Waals surface area contributed by atoms with E-state index >= 15 is 0 Å². The van der Waals surface area contributed by atoms with E-state index in [0.29, 0.717) is 5.92 Å². The van der Waals surface area contributed by atoms with Crippen molar-refractivity contribution in [3.05, 3.63) is 29.8 Å². The molecule has 0 heterocycles. The van der Waals surface area contributed by atoms with Gasteiger partial charge in [-0.15, -0.1) is 11.8 Å². The van der Waals surface area contributed by atoms with Gasteiger partial charge in [0.05, 0.1) is 6.07 Å². The van der Waals surface area contributed by atoms with Crippen molar-refractivity contribution < 1.29 is 0 Å². The normalized spacial score (nSPS) is 29.6. The number of benzene rings is 1. The van der Waals surface area contributed by atoms with E-state index in [9.17, 15) is 0 Å². The molecular weight excluding hydrogens is 190 g/mol. The highest BCUT2D eigenvalue weighted by Crippen LogP contribution is 2.56. The first kappa shape index (κ1) is 9.61. The highest BCUT2D eigenvalue weighted by Gasteiger charge is 2.52. The maximum atomic E-state index is 9.07. The van der Waals surface area contributed by atoms with Crippen molar-refractivity contribution in [1.82, 2.24) is 0 Å². The molecule has 2 heteroatoms. The van der Waals surface area contributed by atoms with Crippen LogP contribution in [0.1, 0.15) is 18.9 Å². The van der Waals surface area contributed by atoms with Crippen LogP contribution in [0.5, 0.6) is 0 Å². The lowest BCUT2D eigenvalue weighted by molar-refractivity contribution is 0.936. The van der Waals surface area contributed by atoms with E-state index in [1.54, 1.807) is 11.8 Å². The van der Waals surface area contributed by atoms with Crippen LogP contribution in [0.4, 0.5) is 0 Å². The van der Waals surface area contributed by atoms with E-state index in [-0.39, 0.29) is 4.75 Å². The Hall–Kier alpha value is -0.940. The number of rotatable bonds is 2. The highest BCUT2D eigenvalue weighted by molar-refractivity contribution is 8.01. The molecule has 0 aromatic heterocycles. The van der Waals surface area contributed by atoms with Crippen LogP contribution in [0.15, 0.2) is 29.2 Å². The van der Waals surface area contributed by atoms with Gasteiger partial charge < -0.3 is 0 Å². The van der Waals surface area contributed by atoms with Crippen LogP contribution in [-0.2, 0) is 0 Å². The lowest BCUT2D eigenvalue weighted by atomic mass is 10.2. The van der Waals surface area contributed by atoms with Gasteiger partial charge >= 0.3 is 0 Å². The number of hydrogen-bond acceptors (Lipinski definition) is 2. The zero-order valence-corrected chi connectivity index (χ0v) is 9.27. The number of nitriles is 1. The van der Waals surface area contributed by atoms with E-state index in [0.717, 1.165) is 6.42 Å². The first-order valence-corrected chi connectivity index (χ1v) is 5.65. The third-order valence-corrected chi connectivity index (χ3v) is 4.29. The van der Waals surface area contributed by atoms with Crippen molar-refractivity contribution in [3.63, 3.8) is 0 Å². The van der Waals surface area contributed by atoms with Crippen molar-refractivity contribution in [1.29, 1.82) is 5.26 Å². The molecule has 0 spiro atoms. The fourth-order valence-corrected chi connectivity index (χ4v) is 2.81. The van der Waals surface area contributed by atoms with Gasteiger partial charge in [0, 0.05) is 4.90 Å². The van der Waals surface area contributed by atoms with Gasteiger partial charge in [-0.2, -0.15) is 5.26 Å². The fourth-order valence-electron chi connectivity index (χ4n) is 1.53. The maximum absolute atomic E-state index is 9.07. The third-order valence-electron chi connectivity index (χ3n) is 2.76. The van der Waals surface area contributed by atoms with Gasteiger partial charge in [-0.1, -0.05) is 24.6 Å². The molecular formula is C12H13NS. The van der Waals surface area contributed by atoms with Crippen LogP contribution in [0.2, 0.25) is 0 Å². The molecule has 2 atom stereocenters. The molecule has 1 aromatic carbocycles. The van der Waals surface area contributed by atoms with Gasteiger partial charge in [0.2, 0.25) is 0 Å². The van der Waals surface area contributed by atoms with Crippen LogP contribution < -0.4 is 0 Å². The second kappa shape index (κ2) is 3.33. The van der Waals surface area contributed by atoms with Gasteiger partial charge in [-0.25, -0.2) is 0 Å². The quantitative estimate of drug-likeness (QED) is 0.735. The molecule has 2 rings (SSSR count). The maximum Gasteiger partial charge on any atom is 0.110 e. The number of nitrogens with zero attached hydrogens (tertiary/aromatic N) is 1.